The summed E-state index contributed by atoms with van der Waals surface area (Å²) in [6.07, 6.45) is 7.64. The standard InChI is InChI=1S/C10H10N2S/c1-8-4-7-13-9(8)2-3-10-11-5-6-12-10/h2-7H,1H3,(H,11,12). The average Bonchev–Trinajstić information content (AvgIpc) is 2.72. The number of H-pyrrole nitrogens is 1. The molecule has 2 aromatic heterocycles. The molecule has 13 heavy (non-hydrogen) atoms. The van der Waals surface area contributed by atoms with Crippen LogP contribution in [0.2, 0.25) is 0 Å². The highest BCUT2D eigenvalue weighted by Gasteiger charge is 1.94. The summed E-state index contributed by atoms with van der Waals surface area (Å²) in [6.45, 7) is 2.11. The van der Waals surface area contributed by atoms with Crippen LogP contribution in [0.3, 0.4) is 0 Å². The van der Waals surface area contributed by atoms with Crippen LogP contribution in [0.5, 0.6) is 0 Å². The van der Waals surface area contributed by atoms with Gasteiger partial charge in [-0.3, -0.25) is 0 Å². The van der Waals surface area contributed by atoms with Gasteiger partial charge in [0.05, 0.1) is 0 Å². The van der Waals surface area contributed by atoms with Crippen LogP contribution in [0.25, 0.3) is 12.2 Å². The number of nitrogens with one attached hydrogen (secondary N) is 1. The maximum atomic E-state index is 4.11. The minimum atomic E-state index is 0.896. The Bertz CT molecular complexity index is 398. The third kappa shape index (κ3) is 1.87. The molecule has 1 N–H and O–H groups in total. The number of aromatic amines is 1. The van der Waals surface area contributed by atoms with Gasteiger partial charge in [-0.25, -0.2) is 4.98 Å². The number of thiophene rings is 1. The van der Waals surface area contributed by atoms with Crippen molar-refractivity contribution >= 4 is 23.5 Å². The molecule has 2 aromatic rings. The van der Waals surface area contributed by atoms with E-state index in [2.05, 4.69) is 34.4 Å². The Hall–Kier alpha value is -1.35. The summed E-state index contributed by atoms with van der Waals surface area (Å²) in [6, 6.07) is 2.12. The number of nitrogens with zero attached hydrogens (tertiary/aromatic N) is 1. The highest BCUT2D eigenvalue weighted by Crippen LogP contribution is 2.17. The maximum Gasteiger partial charge on any atom is 0.129 e. The molecule has 0 unspecified atom stereocenters. The van der Waals surface area contributed by atoms with Crippen molar-refractivity contribution in [2.75, 3.05) is 0 Å². The molecule has 2 nitrogen and oxygen atoms in total. The van der Waals surface area contributed by atoms with E-state index >= 15 is 0 Å². The first-order chi connectivity index (χ1) is 6.36. The van der Waals surface area contributed by atoms with Gasteiger partial charge in [-0.05, 0) is 36.1 Å². The van der Waals surface area contributed by atoms with Crippen molar-refractivity contribution in [3.05, 3.63) is 40.1 Å². The van der Waals surface area contributed by atoms with Crippen molar-refractivity contribution in [3.63, 3.8) is 0 Å². The van der Waals surface area contributed by atoms with Crippen molar-refractivity contribution in [1.82, 2.24) is 9.97 Å². The van der Waals surface area contributed by atoms with E-state index in [1.54, 1.807) is 17.5 Å². The van der Waals surface area contributed by atoms with E-state index in [4.69, 9.17) is 0 Å². The molecule has 0 aromatic carbocycles. The Kier molecular flexibility index (Phi) is 2.27. The second-order valence-corrected chi connectivity index (χ2v) is 3.72. The lowest BCUT2D eigenvalue weighted by Crippen LogP contribution is -1.73. The molecule has 0 aliphatic carbocycles. The lowest BCUT2D eigenvalue weighted by Gasteiger charge is -1.87. The van der Waals surface area contributed by atoms with Gasteiger partial charge in [-0.15, -0.1) is 11.3 Å². The van der Waals surface area contributed by atoms with Crippen LogP contribution in [0.1, 0.15) is 16.3 Å². The molecule has 2 rings (SSSR count). The zero-order chi connectivity index (χ0) is 9.10. The topological polar surface area (TPSA) is 28.7 Å². The predicted molar refractivity (Wildman–Crippen MR) is 56.6 cm³/mol. The van der Waals surface area contributed by atoms with Gasteiger partial charge in [-0.1, -0.05) is 0 Å². The number of aryl methyl sites for hydroxylation is 1. The van der Waals surface area contributed by atoms with Crippen molar-refractivity contribution < 1.29 is 0 Å². The first-order valence-corrected chi connectivity index (χ1v) is 4.96. The Balaban J connectivity index is 2.19. The quantitative estimate of drug-likeness (QED) is 0.775. The number of hydrogen-bond acceptors (Lipinski definition) is 2. The van der Waals surface area contributed by atoms with Gasteiger partial charge < -0.3 is 4.98 Å². The summed E-state index contributed by atoms with van der Waals surface area (Å²) < 4.78 is 0. The minimum absolute atomic E-state index is 0.896. The van der Waals surface area contributed by atoms with E-state index in [0.29, 0.717) is 0 Å². The van der Waals surface area contributed by atoms with E-state index < -0.39 is 0 Å². The number of hydrogen-bond donors (Lipinski definition) is 1. The molecule has 2 heterocycles. The fraction of sp³-hybridized carbons (Fsp3) is 0.100. The Morgan fingerprint density at radius 3 is 3.00 bits per heavy atom. The molecule has 66 valence electrons. The zero-order valence-corrected chi connectivity index (χ0v) is 8.14. The van der Waals surface area contributed by atoms with Gasteiger partial charge in [0.1, 0.15) is 5.82 Å². The fourth-order valence-corrected chi connectivity index (χ4v) is 1.90. The zero-order valence-electron chi connectivity index (χ0n) is 7.32. The molecule has 0 saturated carbocycles. The second-order valence-electron chi connectivity index (χ2n) is 2.78. The van der Waals surface area contributed by atoms with Gasteiger partial charge in [0, 0.05) is 17.3 Å². The first kappa shape index (κ1) is 8.26. The monoisotopic (exact) mass is 190 g/mol. The minimum Gasteiger partial charge on any atom is -0.345 e. The van der Waals surface area contributed by atoms with Crippen LogP contribution >= 0.6 is 11.3 Å². The van der Waals surface area contributed by atoms with Crippen molar-refractivity contribution in [2.24, 2.45) is 0 Å². The molecular formula is C10H10N2S. The van der Waals surface area contributed by atoms with Gasteiger partial charge >= 0.3 is 0 Å². The predicted octanol–water partition coefficient (Wildman–Crippen LogP) is 2.95. The molecule has 0 aliphatic rings. The van der Waals surface area contributed by atoms with E-state index in [-0.39, 0.29) is 0 Å². The van der Waals surface area contributed by atoms with Crippen LogP contribution in [0.4, 0.5) is 0 Å². The van der Waals surface area contributed by atoms with Crippen molar-refractivity contribution in [3.8, 4) is 0 Å². The lowest BCUT2D eigenvalue weighted by molar-refractivity contribution is 1.27. The van der Waals surface area contributed by atoms with Crippen molar-refractivity contribution in [2.45, 2.75) is 6.92 Å². The molecule has 0 fully saturated rings. The fourth-order valence-electron chi connectivity index (χ4n) is 1.08. The summed E-state index contributed by atoms with van der Waals surface area (Å²) in [7, 11) is 0. The molecule has 0 atom stereocenters. The van der Waals surface area contributed by atoms with Crippen LogP contribution in [-0.2, 0) is 0 Å². The molecule has 0 saturated heterocycles. The number of aromatic nitrogens is 2. The van der Waals surface area contributed by atoms with Gasteiger partial charge in [-0.2, -0.15) is 0 Å². The van der Waals surface area contributed by atoms with E-state index in [1.165, 1.54) is 10.4 Å². The molecule has 0 radical (unpaired) electrons. The van der Waals surface area contributed by atoms with Crippen molar-refractivity contribution in [1.29, 1.82) is 0 Å². The number of rotatable bonds is 2. The van der Waals surface area contributed by atoms with Crippen LogP contribution in [0.15, 0.2) is 23.8 Å². The summed E-state index contributed by atoms with van der Waals surface area (Å²) in [5.41, 5.74) is 1.31. The third-order valence-corrected chi connectivity index (χ3v) is 2.80. The van der Waals surface area contributed by atoms with Gasteiger partial charge in [0.25, 0.3) is 0 Å². The van der Waals surface area contributed by atoms with Gasteiger partial charge in [0.2, 0.25) is 0 Å². The lowest BCUT2D eigenvalue weighted by atomic mass is 10.3. The summed E-state index contributed by atoms with van der Waals surface area (Å²) >= 11 is 1.74. The molecule has 0 spiro atoms. The van der Waals surface area contributed by atoms with E-state index in [0.717, 1.165) is 5.82 Å². The smallest absolute Gasteiger partial charge is 0.129 e. The molecular weight excluding hydrogens is 180 g/mol. The SMILES string of the molecule is Cc1ccsc1C=Cc1ncc[nH]1. The van der Waals surface area contributed by atoms with Gasteiger partial charge in [0.15, 0.2) is 0 Å². The summed E-state index contributed by atoms with van der Waals surface area (Å²) in [5, 5.41) is 2.09. The Morgan fingerprint density at radius 2 is 2.38 bits per heavy atom. The van der Waals surface area contributed by atoms with Crippen LogP contribution in [-0.4, -0.2) is 9.97 Å². The second kappa shape index (κ2) is 3.58. The molecule has 0 aliphatic heterocycles. The van der Waals surface area contributed by atoms with E-state index in [9.17, 15) is 0 Å². The third-order valence-electron chi connectivity index (χ3n) is 1.81. The van der Waals surface area contributed by atoms with Crippen LogP contribution in [0, 0.1) is 6.92 Å². The largest absolute Gasteiger partial charge is 0.345 e. The Morgan fingerprint density at radius 1 is 1.46 bits per heavy atom. The summed E-state index contributed by atoms with van der Waals surface area (Å²) in [4.78, 5) is 8.42. The molecule has 3 heteroatoms. The highest BCUT2D eigenvalue weighted by atomic mass is 32.1. The maximum absolute atomic E-state index is 4.11. The highest BCUT2D eigenvalue weighted by molar-refractivity contribution is 7.11. The van der Waals surface area contributed by atoms with Crippen LogP contribution < -0.4 is 0 Å². The summed E-state index contributed by atoms with van der Waals surface area (Å²) in [5.74, 6) is 0.896. The molecule has 0 amide bonds. The Labute approximate surface area is 81.0 Å². The molecule has 0 bridgehead atoms. The van der Waals surface area contributed by atoms with E-state index in [1.807, 2.05) is 12.3 Å². The average molecular weight is 190 g/mol. The number of imidazole rings is 1. The first-order valence-electron chi connectivity index (χ1n) is 4.08. The normalized spacial score (nSPS) is 11.2.